The maximum absolute atomic E-state index is 12.8. The minimum atomic E-state index is -0.241. The standard InChI is InChI=1S/C24H23N3O2S/c1-30-21-9-5-8-20(15-21)26-24(29)25-16-17-10-11-22-19(14-17)12-13-27(22)23(28)18-6-3-2-4-7-18/h2-11,14-15H,12-13,16H2,1H3,(H2,25,26,29). The van der Waals surface area contributed by atoms with Crippen LogP contribution in [0.1, 0.15) is 21.5 Å². The van der Waals surface area contributed by atoms with Crippen molar-refractivity contribution in [3.05, 3.63) is 89.5 Å². The van der Waals surface area contributed by atoms with E-state index in [0.717, 1.165) is 33.8 Å². The van der Waals surface area contributed by atoms with Crippen LogP contribution in [-0.2, 0) is 13.0 Å². The summed E-state index contributed by atoms with van der Waals surface area (Å²) >= 11 is 1.63. The van der Waals surface area contributed by atoms with Crippen LogP contribution in [0.2, 0.25) is 0 Å². The molecule has 0 unspecified atom stereocenters. The molecule has 4 rings (SSSR count). The lowest BCUT2D eigenvalue weighted by molar-refractivity contribution is 0.0989. The first-order valence-electron chi connectivity index (χ1n) is 9.81. The summed E-state index contributed by atoms with van der Waals surface area (Å²) in [5, 5.41) is 5.76. The van der Waals surface area contributed by atoms with Gasteiger partial charge in [0, 0.05) is 34.9 Å². The van der Waals surface area contributed by atoms with Crippen molar-refractivity contribution < 1.29 is 9.59 Å². The molecule has 30 heavy (non-hydrogen) atoms. The van der Waals surface area contributed by atoms with Crippen LogP contribution in [-0.4, -0.2) is 24.7 Å². The Kier molecular flexibility index (Phi) is 6.05. The summed E-state index contributed by atoms with van der Waals surface area (Å²) in [7, 11) is 0. The summed E-state index contributed by atoms with van der Waals surface area (Å²) < 4.78 is 0. The number of hydrogen-bond acceptors (Lipinski definition) is 3. The fourth-order valence-electron chi connectivity index (χ4n) is 3.57. The summed E-state index contributed by atoms with van der Waals surface area (Å²) in [4.78, 5) is 27.9. The number of hydrogen-bond donors (Lipinski definition) is 2. The summed E-state index contributed by atoms with van der Waals surface area (Å²) in [5.74, 6) is 0.0204. The molecule has 0 bridgehead atoms. The van der Waals surface area contributed by atoms with Gasteiger partial charge in [-0.2, -0.15) is 0 Å². The van der Waals surface area contributed by atoms with Crippen molar-refractivity contribution in [2.45, 2.75) is 17.9 Å². The highest BCUT2D eigenvalue weighted by atomic mass is 32.2. The Balaban J connectivity index is 1.38. The molecule has 0 saturated heterocycles. The average molecular weight is 418 g/mol. The van der Waals surface area contributed by atoms with Crippen molar-refractivity contribution in [3.63, 3.8) is 0 Å². The topological polar surface area (TPSA) is 61.4 Å². The van der Waals surface area contributed by atoms with Gasteiger partial charge in [-0.3, -0.25) is 4.79 Å². The van der Waals surface area contributed by atoms with Gasteiger partial charge in [0.2, 0.25) is 0 Å². The number of urea groups is 1. The zero-order valence-corrected chi connectivity index (χ0v) is 17.5. The second-order valence-electron chi connectivity index (χ2n) is 7.08. The van der Waals surface area contributed by atoms with E-state index in [2.05, 4.69) is 16.7 Å². The van der Waals surface area contributed by atoms with Crippen LogP contribution in [0.4, 0.5) is 16.2 Å². The molecule has 0 saturated carbocycles. The molecule has 1 heterocycles. The zero-order chi connectivity index (χ0) is 20.9. The Bertz CT molecular complexity index is 1070. The molecule has 6 heteroatoms. The normalized spacial score (nSPS) is 12.4. The molecule has 3 amide bonds. The summed E-state index contributed by atoms with van der Waals surface area (Å²) in [6, 6.07) is 22.8. The van der Waals surface area contributed by atoms with E-state index in [1.807, 2.05) is 77.9 Å². The first-order chi connectivity index (χ1) is 14.6. The third-order valence-corrected chi connectivity index (χ3v) is 5.81. The largest absolute Gasteiger partial charge is 0.334 e. The van der Waals surface area contributed by atoms with Crippen LogP contribution in [0, 0.1) is 0 Å². The number of nitrogens with zero attached hydrogens (tertiary/aromatic N) is 1. The van der Waals surface area contributed by atoms with Gasteiger partial charge in [-0.15, -0.1) is 11.8 Å². The van der Waals surface area contributed by atoms with Gasteiger partial charge < -0.3 is 15.5 Å². The predicted molar refractivity (Wildman–Crippen MR) is 122 cm³/mol. The molecule has 0 spiro atoms. The number of anilines is 2. The van der Waals surface area contributed by atoms with E-state index in [0.29, 0.717) is 18.7 Å². The molecule has 5 nitrogen and oxygen atoms in total. The number of thioether (sulfide) groups is 1. The third-order valence-electron chi connectivity index (χ3n) is 5.09. The zero-order valence-electron chi connectivity index (χ0n) is 16.7. The minimum absolute atomic E-state index is 0.0204. The lowest BCUT2D eigenvalue weighted by Gasteiger charge is -2.17. The molecule has 3 aromatic rings. The lowest BCUT2D eigenvalue weighted by Crippen LogP contribution is -2.29. The number of carbonyl (C=O) groups excluding carboxylic acids is 2. The fraction of sp³-hybridized carbons (Fsp3) is 0.167. The summed E-state index contributed by atoms with van der Waals surface area (Å²) in [5.41, 5.74) is 4.55. The number of benzene rings is 3. The van der Waals surface area contributed by atoms with Gasteiger partial charge in [0.15, 0.2) is 0 Å². The Hall–Kier alpha value is -3.25. The highest BCUT2D eigenvalue weighted by Crippen LogP contribution is 2.30. The summed E-state index contributed by atoms with van der Waals surface area (Å²) in [6.07, 6.45) is 2.82. The van der Waals surface area contributed by atoms with Crippen molar-refractivity contribution in [1.29, 1.82) is 0 Å². The lowest BCUT2D eigenvalue weighted by atomic mass is 10.1. The Morgan fingerprint density at radius 3 is 2.63 bits per heavy atom. The van der Waals surface area contributed by atoms with Gasteiger partial charge in [-0.05, 0) is 60.2 Å². The van der Waals surface area contributed by atoms with E-state index < -0.39 is 0 Å². The van der Waals surface area contributed by atoms with Crippen molar-refractivity contribution in [3.8, 4) is 0 Å². The van der Waals surface area contributed by atoms with Crippen LogP contribution in [0.5, 0.6) is 0 Å². The highest BCUT2D eigenvalue weighted by molar-refractivity contribution is 7.98. The smallest absolute Gasteiger partial charge is 0.319 e. The Labute approximate surface area is 180 Å². The predicted octanol–water partition coefficient (Wildman–Crippen LogP) is 4.93. The van der Waals surface area contributed by atoms with Crippen molar-refractivity contribution in [1.82, 2.24) is 5.32 Å². The minimum Gasteiger partial charge on any atom is -0.334 e. The maximum Gasteiger partial charge on any atom is 0.319 e. The van der Waals surface area contributed by atoms with Crippen molar-refractivity contribution in [2.24, 2.45) is 0 Å². The first-order valence-corrected chi connectivity index (χ1v) is 11.0. The SMILES string of the molecule is CSc1cccc(NC(=O)NCc2ccc3c(c2)CCN3C(=O)c2ccccc2)c1. The van der Waals surface area contributed by atoms with Crippen LogP contribution in [0.3, 0.4) is 0 Å². The number of amides is 3. The second-order valence-corrected chi connectivity index (χ2v) is 7.96. The number of carbonyl (C=O) groups is 2. The van der Waals surface area contributed by atoms with E-state index in [1.165, 1.54) is 0 Å². The maximum atomic E-state index is 12.8. The molecular weight excluding hydrogens is 394 g/mol. The molecule has 2 N–H and O–H groups in total. The van der Waals surface area contributed by atoms with E-state index in [9.17, 15) is 9.59 Å². The van der Waals surface area contributed by atoms with E-state index in [4.69, 9.17) is 0 Å². The van der Waals surface area contributed by atoms with Gasteiger partial charge in [0.1, 0.15) is 0 Å². The van der Waals surface area contributed by atoms with Crippen LogP contribution in [0.25, 0.3) is 0 Å². The fourth-order valence-corrected chi connectivity index (χ4v) is 4.03. The van der Waals surface area contributed by atoms with Crippen LogP contribution < -0.4 is 15.5 Å². The highest BCUT2D eigenvalue weighted by Gasteiger charge is 2.25. The molecule has 0 aliphatic carbocycles. The molecule has 1 aliphatic rings. The number of nitrogens with one attached hydrogen (secondary N) is 2. The molecule has 0 radical (unpaired) electrons. The van der Waals surface area contributed by atoms with E-state index in [-0.39, 0.29) is 11.9 Å². The molecule has 0 fully saturated rings. The third kappa shape index (κ3) is 4.49. The van der Waals surface area contributed by atoms with Gasteiger partial charge in [-0.25, -0.2) is 4.79 Å². The molecule has 0 aromatic heterocycles. The van der Waals surface area contributed by atoms with E-state index >= 15 is 0 Å². The quantitative estimate of drug-likeness (QED) is 0.579. The van der Waals surface area contributed by atoms with Crippen molar-refractivity contribution in [2.75, 3.05) is 23.0 Å². The molecule has 152 valence electrons. The van der Waals surface area contributed by atoms with Gasteiger partial charge in [0.05, 0.1) is 0 Å². The molecule has 1 aliphatic heterocycles. The summed E-state index contributed by atoms with van der Waals surface area (Å²) in [6.45, 7) is 1.10. The second kappa shape index (κ2) is 9.05. The Morgan fingerprint density at radius 1 is 1.00 bits per heavy atom. The molecular formula is C24H23N3O2S. The van der Waals surface area contributed by atoms with Crippen molar-refractivity contribution >= 4 is 35.1 Å². The van der Waals surface area contributed by atoms with Crippen LogP contribution >= 0.6 is 11.8 Å². The average Bonchev–Trinajstić information content (AvgIpc) is 3.21. The number of fused-ring (bicyclic) bond motifs is 1. The number of rotatable bonds is 5. The molecule has 0 atom stereocenters. The van der Waals surface area contributed by atoms with Crippen LogP contribution in [0.15, 0.2) is 77.7 Å². The van der Waals surface area contributed by atoms with E-state index in [1.54, 1.807) is 11.8 Å². The monoisotopic (exact) mass is 417 g/mol. The molecule has 3 aromatic carbocycles. The first kappa shape index (κ1) is 20.0. The Morgan fingerprint density at radius 2 is 1.83 bits per heavy atom. The van der Waals surface area contributed by atoms with Gasteiger partial charge in [-0.1, -0.05) is 36.4 Å². The van der Waals surface area contributed by atoms with Gasteiger partial charge in [0.25, 0.3) is 5.91 Å². The van der Waals surface area contributed by atoms with Gasteiger partial charge >= 0.3 is 6.03 Å².